The Morgan fingerprint density at radius 1 is 1.00 bits per heavy atom. The highest BCUT2D eigenvalue weighted by molar-refractivity contribution is 6.00. The molecule has 2 N–H and O–H groups in total. The van der Waals surface area contributed by atoms with E-state index in [1.807, 2.05) is 18.3 Å². The third-order valence-corrected chi connectivity index (χ3v) is 4.40. The zero-order chi connectivity index (χ0) is 15.0. The molecule has 0 saturated carbocycles. The van der Waals surface area contributed by atoms with Gasteiger partial charge in [-0.3, -0.25) is 9.88 Å². The zero-order valence-electron chi connectivity index (χ0n) is 13.1. The molecule has 4 heteroatoms. The smallest absolute Gasteiger partial charge is 0.0463 e. The summed E-state index contributed by atoms with van der Waals surface area (Å²) in [4.78, 5) is 9.26. The number of rotatable bonds is 1. The molecular formula is C17H24N4. The summed E-state index contributed by atoms with van der Waals surface area (Å²) in [6.07, 6.45) is 3.73. The van der Waals surface area contributed by atoms with Crippen LogP contribution in [0.5, 0.6) is 0 Å². The molecule has 3 rings (SSSR count). The van der Waals surface area contributed by atoms with Crippen LogP contribution >= 0.6 is 0 Å². The lowest BCUT2D eigenvalue weighted by atomic mass is 10.0. The van der Waals surface area contributed by atoms with Gasteiger partial charge in [0.2, 0.25) is 0 Å². The summed E-state index contributed by atoms with van der Waals surface area (Å²) in [5, 5.41) is 2.25. The van der Waals surface area contributed by atoms with Crippen molar-refractivity contribution >= 4 is 22.1 Å². The molecule has 0 aliphatic carbocycles. The molecule has 0 unspecified atom stereocenters. The Bertz CT molecular complexity index is 637. The van der Waals surface area contributed by atoms with Crippen LogP contribution < -0.4 is 10.6 Å². The predicted octanol–water partition coefficient (Wildman–Crippen LogP) is 2.74. The fourth-order valence-corrected chi connectivity index (χ4v) is 3.09. The van der Waals surface area contributed by atoms with E-state index in [1.165, 1.54) is 5.69 Å². The van der Waals surface area contributed by atoms with E-state index in [2.05, 4.69) is 41.6 Å². The molecule has 1 aromatic carbocycles. The molecule has 0 bridgehead atoms. The maximum absolute atomic E-state index is 6.08. The van der Waals surface area contributed by atoms with Crippen LogP contribution in [0, 0.1) is 0 Å². The van der Waals surface area contributed by atoms with E-state index in [4.69, 9.17) is 5.73 Å². The summed E-state index contributed by atoms with van der Waals surface area (Å²) in [6.45, 7) is 11.1. The molecule has 1 aromatic heterocycles. The Hall–Kier alpha value is -1.81. The second-order valence-electron chi connectivity index (χ2n) is 6.74. The lowest BCUT2D eigenvalue weighted by Crippen LogP contribution is -2.53. The highest BCUT2D eigenvalue weighted by Crippen LogP contribution is 2.31. The van der Waals surface area contributed by atoms with Gasteiger partial charge in [-0.15, -0.1) is 0 Å². The van der Waals surface area contributed by atoms with Crippen molar-refractivity contribution in [1.29, 1.82) is 0 Å². The number of hydrogen-bond acceptors (Lipinski definition) is 4. The largest absolute Gasteiger partial charge is 0.398 e. The number of nitrogens with zero attached hydrogens (tertiary/aromatic N) is 3. The normalized spacial score (nSPS) is 17.4. The highest BCUT2D eigenvalue weighted by atomic mass is 15.3. The minimum Gasteiger partial charge on any atom is -0.398 e. The average molecular weight is 284 g/mol. The van der Waals surface area contributed by atoms with Gasteiger partial charge < -0.3 is 10.6 Å². The molecule has 1 saturated heterocycles. The maximum Gasteiger partial charge on any atom is 0.0463 e. The maximum atomic E-state index is 6.08. The zero-order valence-corrected chi connectivity index (χ0v) is 13.1. The third-order valence-electron chi connectivity index (χ3n) is 4.40. The van der Waals surface area contributed by atoms with Crippen molar-refractivity contribution in [3.8, 4) is 0 Å². The van der Waals surface area contributed by atoms with Crippen LogP contribution in [0.4, 0.5) is 11.4 Å². The van der Waals surface area contributed by atoms with Crippen molar-refractivity contribution in [2.24, 2.45) is 0 Å². The van der Waals surface area contributed by atoms with Gasteiger partial charge in [-0.05, 0) is 39.0 Å². The quantitative estimate of drug-likeness (QED) is 0.818. The number of nitrogen functional groups attached to an aromatic ring is 1. The van der Waals surface area contributed by atoms with Crippen LogP contribution in [0.1, 0.15) is 20.8 Å². The minimum absolute atomic E-state index is 0.247. The Morgan fingerprint density at radius 2 is 1.71 bits per heavy atom. The number of nitrogens with two attached hydrogens (primary N) is 1. The molecule has 4 nitrogen and oxygen atoms in total. The topological polar surface area (TPSA) is 45.4 Å². The summed E-state index contributed by atoms with van der Waals surface area (Å²) in [5.41, 5.74) is 8.40. The monoisotopic (exact) mass is 284 g/mol. The van der Waals surface area contributed by atoms with Crippen LogP contribution in [-0.2, 0) is 0 Å². The molecule has 0 spiro atoms. The number of piperazine rings is 1. The molecule has 0 radical (unpaired) electrons. The molecule has 1 aliphatic rings. The van der Waals surface area contributed by atoms with Crippen molar-refractivity contribution in [3.05, 3.63) is 30.6 Å². The SMILES string of the molecule is CC(C)(C)N1CCN(c2ccc(N)c3ccncc23)CC1. The summed E-state index contributed by atoms with van der Waals surface area (Å²) in [7, 11) is 0. The van der Waals surface area contributed by atoms with Gasteiger partial charge in [0, 0.05) is 66.3 Å². The molecular weight excluding hydrogens is 260 g/mol. The van der Waals surface area contributed by atoms with Crippen molar-refractivity contribution in [2.75, 3.05) is 36.8 Å². The van der Waals surface area contributed by atoms with Crippen molar-refractivity contribution in [2.45, 2.75) is 26.3 Å². The van der Waals surface area contributed by atoms with Crippen molar-refractivity contribution < 1.29 is 0 Å². The van der Waals surface area contributed by atoms with E-state index in [1.54, 1.807) is 6.20 Å². The first kappa shape index (κ1) is 14.1. The van der Waals surface area contributed by atoms with Gasteiger partial charge in [-0.1, -0.05) is 0 Å². The molecule has 0 atom stereocenters. The number of benzene rings is 1. The number of anilines is 2. The first-order valence-electron chi connectivity index (χ1n) is 7.59. The molecule has 2 heterocycles. The predicted molar refractivity (Wildman–Crippen MR) is 89.7 cm³/mol. The number of hydrogen-bond donors (Lipinski definition) is 1. The van der Waals surface area contributed by atoms with Crippen LogP contribution in [0.25, 0.3) is 10.8 Å². The van der Waals surface area contributed by atoms with E-state index in [0.717, 1.165) is 42.6 Å². The van der Waals surface area contributed by atoms with Crippen molar-refractivity contribution in [1.82, 2.24) is 9.88 Å². The minimum atomic E-state index is 0.247. The Morgan fingerprint density at radius 3 is 2.38 bits per heavy atom. The third kappa shape index (κ3) is 2.68. The number of aromatic nitrogens is 1. The second kappa shape index (κ2) is 5.19. The van der Waals surface area contributed by atoms with Gasteiger partial charge >= 0.3 is 0 Å². The summed E-state index contributed by atoms with van der Waals surface area (Å²) >= 11 is 0. The lowest BCUT2D eigenvalue weighted by molar-refractivity contribution is 0.128. The van der Waals surface area contributed by atoms with Gasteiger partial charge in [0.1, 0.15) is 0 Å². The van der Waals surface area contributed by atoms with Gasteiger partial charge in [0.05, 0.1) is 0 Å². The Balaban J connectivity index is 1.88. The Kier molecular flexibility index (Phi) is 3.49. The van der Waals surface area contributed by atoms with E-state index in [0.29, 0.717) is 0 Å². The van der Waals surface area contributed by atoms with Gasteiger partial charge in [0.25, 0.3) is 0 Å². The molecule has 112 valence electrons. The van der Waals surface area contributed by atoms with Gasteiger partial charge in [-0.2, -0.15) is 0 Å². The molecule has 2 aromatic rings. The fraction of sp³-hybridized carbons (Fsp3) is 0.471. The van der Waals surface area contributed by atoms with E-state index in [-0.39, 0.29) is 5.54 Å². The molecule has 1 aliphatic heterocycles. The summed E-state index contributed by atoms with van der Waals surface area (Å²) in [5.74, 6) is 0. The Labute approximate surface area is 126 Å². The molecule has 0 amide bonds. The summed E-state index contributed by atoms with van der Waals surface area (Å²) < 4.78 is 0. The summed E-state index contributed by atoms with van der Waals surface area (Å²) in [6, 6.07) is 6.14. The average Bonchev–Trinajstić information content (AvgIpc) is 2.47. The first-order valence-corrected chi connectivity index (χ1v) is 7.59. The number of pyridine rings is 1. The van der Waals surface area contributed by atoms with E-state index >= 15 is 0 Å². The van der Waals surface area contributed by atoms with Crippen LogP contribution in [0.15, 0.2) is 30.6 Å². The standard InChI is InChI=1S/C17H24N4/c1-17(2,3)21-10-8-20(9-11-21)16-5-4-15(18)13-6-7-19-12-14(13)16/h4-7,12H,8-11,18H2,1-3H3. The van der Waals surface area contributed by atoms with E-state index < -0.39 is 0 Å². The second-order valence-corrected chi connectivity index (χ2v) is 6.74. The fourth-order valence-electron chi connectivity index (χ4n) is 3.09. The van der Waals surface area contributed by atoms with Crippen molar-refractivity contribution in [3.63, 3.8) is 0 Å². The lowest BCUT2D eigenvalue weighted by Gasteiger charge is -2.43. The first-order chi connectivity index (χ1) is 9.97. The van der Waals surface area contributed by atoms with E-state index in [9.17, 15) is 0 Å². The molecule has 21 heavy (non-hydrogen) atoms. The highest BCUT2D eigenvalue weighted by Gasteiger charge is 2.26. The van der Waals surface area contributed by atoms with Crippen LogP contribution in [0.2, 0.25) is 0 Å². The van der Waals surface area contributed by atoms with Crippen LogP contribution in [0.3, 0.4) is 0 Å². The molecule has 1 fully saturated rings. The number of fused-ring (bicyclic) bond motifs is 1. The van der Waals surface area contributed by atoms with Gasteiger partial charge in [0.15, 0.2) is 0 Å². The van der Waals surface area contributed by atoms with Gasteiger partial charge in [-0.25, -0.2) is 0 Å². The van der Waals surface area contributed by atoms with Crippen LogP contribution in [-0.4, -0.2) is 41.6 Å².